The fraction of sp³-hybridized carbons (Fsp3) is 0.800. The molecule has 0 radical (unpaired) electrons. The number of nitrogens with zero attached hydrogens (tertiary/aromatic N) is 2. The third-order valence-corrected chi connectivity index (χ3v) is 3.53. The highest BCUT2D eigenvalue weighted by atomic mass is 16.5. The summed E-state index contributed by atoms with van der Waals surface area (Å²) in [5, 5.41) is 6.33. The molecule has 2 N–H and O–H groups in total. The van der Waals surface area contributed by atoms with Gasteiger partial charge < -0.3 is 20.3 Å². The Morgan fingerprint density at radius 2 is 2.15 bits per heavy atom. The monoisotopic (exact) mass is 280 g/mol. The van der Waals surface area contributed by atoms with Gasteiger partial charge >= 0.3 is 0 Å². The molecule has 0 bridgehead atoms. The number of aliphatic imine (C=N–C) groups is 1. The molecule has 5 nitrogen and oxygen atoms in total. The van der Waals surface area contributed by atoms with E-state index in [1.165, 1.54) is 12.8 Å². The third-order valence-electron chi connectivity index (χ3n) is 3.53. The SMILES string of the molecule is C#CCNC(=NCC1CCN(CCOC)CC1)NCC. The van der Waals surface area contributed by atoms with E-state index in [9.17, 15) is 0 Å². The van der Waals surface area contributed by atoms with Crippen LogP contribution in [-0.4, -0.2) is 63.8 Å². The van der Waals surface area contributed by atoms with E-state index in [1.54, 1.807) is 7.11 Å². The van der Waals surface area contributed by atoms with Crippen LogP contribution in [-0.2, 0) is 4.74 Å². The lowest BCUT2D eigenvalue weighted by atomic mass is 9.97. The Kier molecular flexibility index (Phi) is 8.84. The maximum absolute atomic E-state index is 5.26. The van der Waals surface area contributed by atoms with Gasteiger partial charge in [0.2, 0.25) is 0 Å². The standard InChI is InChI=1S/C15H28N4O/c1-4-8-17-15(16-5-2)18-13-14-6-9-19(10-7-14)11-12-20-3/h1,14H,5-13H2,2-3H3,(H2,16,17,18). The van der Waals surface area contributed by atoms with Crippen molar-refractivity contribution in [2.45, 2.75) is 19.8 Å². The van der Waals surface area contributed by atoms with Crippen LogP contribution in [0.5, 0.6) is 0 Å². The first-order valence-electron chi connectivity index (χ1n) is 7.47. The average molecular weight is 280 g/mol. The van der Waals surface area contributed by atoms with Crippen molar-refractivity contribution in [3.63, 3.8) is 0 Å². The van der Waals surface area contributed by atoms with E-state index in [0.717, 1.165) is 45.3 Å². The second kappa shape index (κ2) is 10.5. The van der Waals surface area contributed by atoms with Gasteiger partial charge in [-0.05, 0) is 38.8 Å². The van der Waals surface area contributed by atoms with E-state index < -0.39 is 0 Å². The normalized spacial score (nSPS) is 17.8. The van der Waals surface area contributed by atoms with Gasteiger partial charge in [0, 0.05) is 26.7 Å². The summed E-state index contributed by atoms with van der Waals surface area (Å²) in [6, 6.07) is 0. The zero-order valence-corrected chi connectivity index (χ0v) is 12.8. The molecule has 0 atom stereocenters. The molecule has 0 amide bonds. The summed E-state index contributed by atoms with van der Waals surface area (Å²) in [7, 11) is 1.76. The van der Waals surface area contributed by atoms with E-state index in [2.05, 4.69) is 33.4 Å². The summed E-state index contributed by atoms with van der Waals surface area (Å²) in [5.74, 6) is 4.07. The molecule has 1 rings (SSSR count). The summed E-state index contributed by atoms with van der Waals surface area (Å²) >= 11 is 0. The number of methoxy groups -OCH3 is 1. The average Bonchev–Trinajstić information content (AvgIpc) is 2.49. The van der Waals surface area contributed by atoms with Crippen LogP contribution in [0.4, 0.5) is 0 Å². The Bertz CT molecular complexity index is 316. The maximum atomic E-state index is 5.26. The largest absolute Gasteiger partial charge is 0.383 e. The molecule has 114 valence electrons. The van der Waals surface area contributed by atoms with Gasteiger partial charge in [-0.15, -0.1) is 6.42 Å². The lowest BCUT2D eigenvalue weighted by Gasteiger charge is -2.31. The lowest BCUT2D eigenvalue weighted by Crippen LogP contribution is -2.39. The van der Waals surface area contributed by atoms with Gasteiger partial charge in [0.15, 0.2) is 5.96 Å². The molecule has 1 heterocycles. The first-order chi connectivity index (χ1) is 9.80. The molecule has 5 heteroatoms. The predicted octanol–water partition coefficient (Wildman–Crippen LogP) is 0.533. The number of hydrogen-bond donors (Lipinski definition) is 2. The molecule has 1 fully saturated rings. The zero-order chi connectivity index (χ0) is 14.6. The maximum Gasteiger partial charge on any atom is 0.192 e. The van der Waals surface area contributed by atoms with Crippen molar-refractivity contribution < 1.29 is 4.74 Å². The molecule has 1 aliphatic rings. The van der Waals surface area contributed by atoms with Crippen molar-refractivity contribution in [1.29, 1.82) is 0 Å². The summed E-state index contributed by atoms with van der Waals surface area (Å²) in [4.78, 5) is 7.08. The number of guanidine groups is 1. The Morgan fingerprint density at radius 3 is 2.75 bits per heavy atom. The van der Waals surface area contributed by atoms with Gasteiger partial charge in [0.05, 0.1) is 13.2 Å². The van der Waals surface area contributed by atoms with E-state index in [1.807, 2.05) is 0 Å². The van der Waals surface area contributed by atoms with Crippen LogP contribution >= 0.6 is 0 Å². The topological polar surface area (TPSA) is 48.9 Å². The summed E-state index contributed by atoms with van der Waals surface area (Å²) in [6.45, 7) is 8.46. The van der Waals surface area contributed by atoms with E-state index >= 15 is 0 Å². The highest BCUT2D eigenvalue weighted by molar-refractivity contribution is 5.79. The first kappa shape index (κ1) is 16.8. The minimum absolute atomic E-state index is 0.515. The van der Waals surface area contributed by atoms with Crippen LogP contribution in [0.1, 0.15) is 19.8 Å². The second-order valence-corrected chi connectivity index (χ2v) is 5.06. The summed E-state index contributed by atoms with van der Waals surface area (Å²) in [5.41, 5.74) is 0. The van der Waals surface area contributed by atoms with Crippen LogP contribution in [0.15, 0.2) is 4.99 Å². The Morgan fingerprint density at radius 1 is 1.40 bits per heavy atom. The molecule has 0 unspecified atom stereocenters. The predicted molar refractivity (Wildman–Crippen MR) is 83.9 cm³/mol. The minimum Gasteiger partial charge on any atom is -0.383 e. The van der Waals surface area contributed by atoms with Gasteiger partial charge in [-0.2, -0.15) is 0 Å². The fourth-order valence-electron chi connectivity index (χ4n) is 2.31. The molecule has 0 aliphatic carbocycles. The Labute approximate surface area is 123 Å². The summed E-state index contributed by atoms with van der Waals surface area (Å²) in [6.07, 6.45) is 7.68. The van der Waals surface area contributed by atoms with Gasteiger partial charge in [-0.1, -0.05) is 5.92 Å². The molecule has 0 spiro atoms. The van der Waals surface area contributed by atoms with E-state index in [4.69, 9.17) is 11.2 Å². The van der Waals surface area contributed by atoms with E-state index in [0.29, 0.717) is 12.5 Å². The van der Waals surface area contributed by atoms with Crippen LogP contribution < -0.4 is 10.6 Å². The van der Waals surface area contributed by atoms with Crippen LogP contribution in [0.25, 0.3) is 0 Å². The molecule has 0 aromatic heterocycles. The van der Waals surface area contributed by atoms with Crippen LogP contribution in [0.3, 0.4) is 0 Å². The van der Waals surface area contributed by atoms with Crippen molar-refractivity contribution in [2.75, 3.05) is 53.0 Å². The molecule has 0 aromatic carbocycles. The lowest BCUT2D eigenvalue weighted by molar-refractivity contribution is 0.121. The van der Waals surface area contributed by atoms with Crippen molar-refractivity contribution in [1.82, 2.24) is 15.5 Å². The van der Waals surface area contributed by atoms with Crippen molar-refractivity contribution in [3.05, 3.63) is 0 Å². The molecule has 20 heavy (non-hydrogen) atoms. The quantitative estimate of drug-likeness (QED) is 0.406. The molecule has 1 saturated heterocycles. The molecular weight excluding hydrogens is 252 g/mol. The first-order valence-corrected chi connectivity index (χ1v) is 7.47. The number of piperidine rings is 1. The fourth-order valence-corrected chi connectivity index (χ4v) is 2.31. The number of likely N-dealkylation sites (tertiary alicyclic amines) is 1. The Hall–Kier alpha value is -1.25. The molecule has 1 aliphatic heterocycles. The number of terminal acetylenes is 1. The Balaban J connectivity index is 2.28. The van der Waals surface area contributed by atoms with Crippen molar-refractivity contribution in [3.8, 4) is 12.3 Å². The second-order valence-electron chi connectivity index (χ2n) is 5.06. The molecular formula is C15H28N4O. The number of ether oxygens (including phenoxy) is 1. The van der Waals surface area contributed by atoms with E-state index in [-0.39, 0.29) is 0 Å². The smallest absolute Gasteiger partial charge is 0.192 e. The van der Waals surface area contributed by atoms with Gasteiger partial charge in [0.25, 0.3) is 0 Å². The number of hydrogen-bond acceptors (Lipinski definition) is 3. The van der Waals surface area contributed by atoms with Gasteiger partial charge in [-0.25, -0.2) is 0 Å². The third kappa shape index (κ3) is 6.78. The number of rotatable bonds is 7. The highest BCUT2D eigenvalue weighted by Gasteiger charge is 2.18. The highest BCUT2D eigenvalue weighted by Crippen LogP contribution is 2.17. The number of nitrogens with one attached hydrogen (secondary N) is 2. The van der Waals surface area contributed by atoms with Crippen LogP contribution in [0.2, 0.25) is 0 Å². The summed E-state index contributed by atoms with van der Waals surface area (Å²) < 4.78 is 5.12. The van der Waals surface area contributed by atoms with Crippen molar-refractivity contribution >= 4 is 5.96 Å². The van der Waals surface area contributed by atoms with Crippen LogP contribution in [0, 0.1) is 18.3 Å². The molecule has 0 aromatic rings. The van der Waals surface area contributed by atoms with Gasteiger partial charge in [0.1, 0.15) is 0 Å². The van der Waals surface area contributed by atoms with Crippen molar-refractivity contribution in [2.24, 2.45) is 10.9 Å². The molecule has 0 saturated carbocycles. The minimum atomic E-state index is 0.515. The van der Waals surface area contributed by atoms with Gasteiger partial charge in [-0.3, -0.25) is 4.99 Å². The zero-order valence-electron chi connectivity index (χ0n) is 12.8.